The Morgan fingerprint density at radius 2 is 2.00 bits per heavy atom. The van der Waals surface area contributed by atoms with Crippen LogP contribution >= 0.6 is 0 Å². The smallest absolute Gasteiger partial charge is 0.0351 e. The van der Waals surface area contributed by atoms with Crippen molar-refractivity contribution in [1.82, 2.24) is 5.32 Å². The van der Waals surface area contributed by atoms with Gasteiger partial charge in [-0.15, -0.1) is 0 Å². The van der Waals surface area contributed by atoms with E-state index < -0.39 is 0 Å². The summed E-state index contributed by atoms with van der Waals surface area (Å²) in [5.41, 5.74) is 4.37. The summed E-state index contributed by atoms with van der Waals surface area (Å²) in [5, 5.41) is 3.61. The third-order valence-corrected chi connectivity index (χ3v) is 5.30. The minimum Gasteiger partial charge on any atom is -0.313 e. The average molecular weight is 243 g/mol. The number of hydrogen-bond acceptors (Lipinski definition) is 1. The van der Waals surface area contributed by atoms with Crippen LogP contribution in [0, 0.1) is 31.6 Å². The molecule has 3 rings (SSSR count). The lowest BCUT2D eigenvalue weighted by Gasteiger charge is -2.32. The van der Waals surface area contributed by atoms with Gasteiger partial charge in [0.25, 0.3) is 0 Å². The molecule has 0 saturated heterocycles. The summed E-state index contributed by atoms with van der Waals surface area (Å²) < 4.78 is 0. The van der Waals surface area contributed by atoms with Gasteiger partial charge in [-0.1, -0.05) is 30.2 Å². The van der Waals surface area contributed by atoms with Crippen LogP contribution in [0.15, 0.2) is 18.2 Å². The largest absolute Gasteiger partial charge is 0.313 e. The van der Waals surface area contributed by atoms with E-state index in [2.05, 4.69) is 44.4 Å². The minimum absolute atomic E-state index is 0.570. The first-order valence-electron chi connectivity index (χ1n) is 7.43. The summed E-state index contributed by atoms with van der Waals surface area (Å²) in [6.45, 7) is 4.46. The van der Waals surface area contributed by atoms with Crippen LogP contribution in [0.5, 0.6) is 0 Å². The Morgan fingerprint density at radius 3 is 2.61 bits per heavy atom. The first-order chi connectivity index (χ1) is 8.69. The molecule has 2 aliphatic rings. The number of benzene rings is 1. The summed E-state index contributed by atoms with van der Waals surface area (Å²) in [6.07, 6.45) is 5.90. The average Bonchev–Trinajstić information content (AvgIpc) is 2.97. The molecule has 1 heteroatoms. The van der Waals surface area contributed by atoms with E-state index in [9.17, 15) is 0 Å². The van der Waals surface area contributed by atoms with Crippen LogP contribution in [0.25, 0.3) is 0 Å². The Hall–Kier alpha value is -0.820. The zero-order valence-electron chi connectivity index (χ0n) is 11.9. The molecule has 1 nitrogen and oxygen atoms in total. The van der Waals surface area contributed by atoms with E-state index in [0.717, 1.165) is 17.8 Å². The van der Waals surface area contributed by atoms with Crippen molar-refractivity contribution >= 4 is 0 Å². The van der Waals surface area contributed by atoms with Gasteiger partial charge in [-0.05, 0) is 69.0 Å². The monoisotopic (exact) mass is 243 g/mol. The Bertz CT molecular complexity index is 437. The fourth-order valence-corrected chi connectivity index (χ4v) is 4.40. The highest BCUT2D eigenvalue weighted by Gasteiger charge is 2.43. The molecule has 0 radical (unpaired) electrons. The maximum atomic E-state index is 3.61. The molecule has 98 valence electrons. The summed E-state index contributed by atoms with van der Waals surface area (Å²) >= 11 is 0. The molecule has 0 aliphatic heterocycles. The molecule has 0 heterocycles. The van der Waals surface area contributed by atoms with Gasteiger partial charge in [-0.3, -0.25) is 0 Å². The van der Waals surface area contributed by atoms with Crippen LogP contribution in [0.1, 0.15) is 48.4 Å². The van der Waals surface area contributed by atoms with Crippen LogP contribution in [-0.4, -0.2) is 7.05 Å². The molecule has 2 aliphatic carbocycles. The topological polar surface area (TPSA) is 12.0 Å². The molecule has 1 N–H and O–H groups in total. The molecule has 18 heavy (non-hydrogen) atoms. The Kier molecular flexibility index (Phi) is 3.19. The van der Waals surface area contributed by atoms with Crippen LogP contribution < -0.4 is 5.32 Å². The van der Waals surface area contributed by atoms with Gasteiger partial charge in [-0.2, -0.15) is 0 Å². The van der Waals surface area contributed by atoms with Gasteiger partial charge in [0.15, 0.2) is 0 Å². The van der Waals surface area contributed by atoms with Crippen molar-refractivity contribution in [2.75, 3.05) is 7.05 Å². The van der Waals surface area contributed by atoms with Gasteiger partial charge >= 0.3 is 0 Å². The zero-order chi connectivity index (χ0) is 12.7. The van der Waals surface area contributed by atoms with E-state index in [1.54, 1.807) is 0 Å². The third-order valence-electron chi connectivity index (χ3n) is 5.30. The maximum Gasteiger partial charge on any atom is 0.0351 e. The van der Waals surface area contributed by atoms with E-state index in [1.807, 2.05) is 0 Å². The van der Waals surface area contributed by atoms with E-state index in [4.69, 9.17) is 0 Å². The zero-order valence-corrected chi connectivity index (χ0v) is 11.9. The summed E-state index contributed by atoms with van der Waals surface area (Å²) in [6, 6.07) is 7.47. The molecule has 2 fully saturated rings. The van der Waals surface area contributed by atoms with Crippen LogP contribution in [0.4, 0.5) is 0 Å². The normalized spacial score (nSPS) is 31.8. The highest BCUT2D eigenvalue weighted by Crippen LogP contribution is 2.52. The standard InChI is InChI=1S/C17H25N/c1-11-4-5-12(2)15(8-11)17(18-3)16-10-13-6-7-14(16)9-13/h4-5,8,13-14,16-18H,6-7,9-10H2,1-3H3. The molecule has 4 unspecified atom stereocenters. The van der Waals surface area contributed by atoms with Gasteiger partial charge in [0, 0.05) is 6.04 Å². The molecule has 2 saturated carbocycles. The third kappa shape index (κ3) is 1.99. The Balaban J connectivity index is 1.90. The summed E-state index contributed by atoms with van der Waals surface area (Å²) in [7, 11) is 2.14. The number of rotatable bonds is 3. The van der Waals surface area contributed by atoms with Crippen molar-refractivity contribution in [3.63, 3.8) is 0 Å². The molecule has 0 spiro atoms. The molecule has 0 amide bonds. The van der Waals surface area contributed by atoms with Crippen LogP contribution in [-0.2, 0) is 0 Å². The predicted molar refractivity (Wildman–Crippen MR) is 76.7 cm³/mol. The first kappa shape index (κ1) is 12.2. The molecule has 1 aromatic carbocycles. The van der Waals surface area contributed by atoms with Crippen molar-refractivity contribution in [2.24, 2.45) is 17.8 Å². The fraction of sp³-hybridized carbons (Fsp3) is 0.647. The van der Waals surface area contributed by atoms with E-state index in [1.165, 1.54) is 42.4 Å². The molecule has 1 aromatic rings. The summed E-state index contributed by atoms with van der Waals surface area (Å²) in [4.78, 5) is 0. The number of aryl methyl sites for hydroxylation is 2. The van der Waals surface area contributed by atoms with Crippen molar-refractivity contribution < 1.29 is 0 Å². The van der Waals surface area contributed by atoms with E-state index in [0.29, 0.717) is 6.04 Å². The van der Waals surface area contributed by atoms with Gasteiger partial charge in [0.05, 0.1) is 0 Å². The van der Waals surface area contributed by atoms with Crippen molar-refractivity contribution in [3.8, 4) is 0 Å². The fourth-order valence-electron chi connectivity index (χ4n) is 4.40. The van der Waals surface area contributed by atoms with E-state index in [-0.39, 0.29) is 0 Å². The lowest BCUT2D eigenvalue weighted by molar-refractivity contribution is 0.259. The van der Waals surface area contributed by atoms with Gasteiger partial charge in [0.1, 0.15) is 0 Å². The lowest BCUT2D eigenvalue weighted by Crippen LogP contribution is -2.29. The van der Waals surface area contributed by atoms with Crippen molar-refractivity contribution in [1.29, 1.82) is 0 Å². The summed E-state index contributed by atoms with van der Waals surface area (Å²) in [5.74, 6) is 2.88. The Labute approximate surface area is 111 Å². The lowest BCUT2D eigenvalue weighted by atomic mass is 9.79. The SMILES string of the molecule is CNC(c1cc(C)ccc1C)C1CC2CCC1C2. The highest BCUT2D eigenvalue weighted by atomic mass is 14.9. The second kappa shape index (κ2) is 4.70. The second-order valence-electron chi connectivity index (χ2n) is 6.47. The number of fused-ring (bicyclic) bond motifs is 2. The molecule has 4 atom stereocenters. The van der Waals surface area contributed by atoms with Gasteiger partial charge < -0.3 is 5.32 Å². The molecular formula is C17H25N. The van der Waals surface area contributed by atoms with Crippen molar-refractivity contribution in [2.45, 2.75) is 45.6 Å². The number of hydrogen-bond donors (Lipinski definition) is 1. The first-order valence-corrected chi connectivity index (χ1v) is 7.43. The van der Waals surface area contributed by atoms with Crippen molar-refractivity contribution in [3.05, 3.63) is 34.9 Å². The predicted octanol–water partition coefficient (Wildman–Crippen LogP) is 4.00. The quantitative estimate of drug-likeness (QED) is 0.846. The minimum atomic E-state index is 0.570. The highest BCUT2D eigenvalue weighted by molar-refractivity contribution is 5.33. The number of nitrogens with one attached hydrogen (secondary N) is 1. The molecule has 0 aromatic heterocycles. The molecular weight excluding hydrogens is 218 g/mol. The van der Waals surface area contributed by atoms with Crippen LogP contribution in [0.3, 0.4) is 0 Å². The van der Waals surface area contributed by atoms with Gasteiger partial charge in [-0.25, -0.2) is 0 Å². The molecule has 2 bridgehead atoms. The Morgan fingerprint density at radius 1 is 1.17 bits per heavy atom. The van der Waals surface area contributed by atoms with E-state index >= 15 is 0 Å². The second-order valence-corrected chi connectivity index (χ2v) is 6.47. The van der Waals surface area contributed by atoms with Gasteiger partial charge in [0.2, 0.25) is 0 Å². The van der Waals surface area contributed by atoms with Crippen LogP contribution in [0.2, 0.25) is 0 Å². The maximum absolute atomic E-state index is 3.61.